The zero-order valence-electron chi connectivity index (χ0n) is 17.6. The lowest BCUT2D eigenvalue weighted by Crippen LogP contribution is -2.25. The van der Waals surface area contributed by atoms with Gasteiger partial charge in [-0.05, 0) is 49.2 Å². The Morgan fingerprint density at radius 2 is 1.90 bits per heavy atom. The quantitative estimate of drug-likeness (QED) is 0.644. The molecule has 2 heterocycles. The molecular weight excluding hydrogens is 416 g/mol. The number of hydrogen-bond donors (Lipinski definition) is 1. The van der Waals surface area contributed by atoms with Crippen molar-refractivity contribution in [1.82, 2.24) is 10.1 Å². The first-order valence-corrected chi connectivity index (χ1v) is 11.7. The highest BCUT2D eigenvalue weighted by molar-refractivity contribution is 7.93. The summed E-state index contributed by atoms with van der Waals surface area (Å²) in [6.45, 7) is 6.30. The molecule has 31 heavy (non-hydrogen) atoms. The lowest BCUT2D eigenvalue weighted by Gasteiger charge is -2.17. The summed E-state index contributed by atoms with van der Waals surface area (Å²) < 4.78 is 31.0. The second-order valence-electron chi connectivity index (χ2n) is 7.85. The highest BCUT2D eigenvalue weighted by atomic mass is 32.2. The third kappa shape index (κ3) is 4.18. The Kier molecular flexibility index (Phi) is 5.53. The van der Waals surface area contributed by atoms with Gasteiger partial charge in [0.15, 0.2) is 5.82 Å². The van der Waals surface area contributed by atoms with E-state index in [9.17, 15) is 13.2 Å². The van der Waals surface area contributed by atoms with Crippen LogP contribution in [0.25, 0.3) is 11.5 Å². The molecule has 1 N–H and O–H groups in total. The largest absolute Gasteiger partial charge is 0.334 e. The molecule has 0 atom stereocenters. The Morgan fingerprint density at radius 3 is 2.52 bits per heavy atom. The highest BCUT2D eigenvalue weighted by Gasteiger charge is 2.28. The minimum atomic E-state index is -3.26. The van der Waals surface area contributed by atoms with Crippen LogP contribution in [0.15, 0.2) is 47.0 Å². The smallest absolute Gasteiger partial charge is 0.260 e. The minimum absolute atomic E-state index is 0.123. The van der Waals surface area contributed by atoms with E-state index in [1.807, 2.05) is 39.0 Å². The van der Waals surface area contributed by atoms with Gasteiger partial charge in [-0.15, -0.1) is 0 Å². The first-order valence-electron chi connectivity index (χ1n) is 10.1. The van der Waals surface area contributed by atoms with Crippen LogP contribution in [-0.2, 0) is 10.0 Å². The molecule has 8 nitrogen and oxygen atoms in total. The van der Waals surface area contributed by atoms with Crippen LogP contribution >= 0.6 is 0 Å². The molecule has 0 unspecified atom stereocenters. The van der Waals surface area contributed by atoms with E-state index in [2.05, 4.69) is 15.5 Å². The lowest BCUT2D eigenvalue weighted by molar-refractivity contribution is 0.102. The summed E-state index contributed by atoms with van der Waals surface area (Å²) in [5.41, 5.74) is 3.08. The number of nitrogens with one attached hydrogen (secondary N) is 1. The highest BCUT2D eigenvalue weighted by Crippen LogP contribution is 2.31. The van der Waals surface area contributed by atoms with Gasteiger partial charge >= 0.3 is 0 Å². The summed E-state index contributed by atoms with van der Waals surface area (Å²) >= 11 is 0. The zero-order chi connectivity index (χ0) is 22.2. The van der Waals surface area contributed by atoms with Crippen molar-refractivity contribution in [3.8, 4) is 11.5 Å². The van der Waals surface area contributed by atoms with Crippen molar-refractivity contribution in [3.63, 3.8) is 0 Å². The number of para-hydroxylation sites is 1. The van der Waals surface area contributed by atoms with Crippen LogP contribution in [0, 0.1) is 6.92 Å². The standard InChI is InChI=1S/C22H24N4O4S/c1-14(2)20-24-22(30-25-20)18-7-4-6-15(3)19(18)23-21(27)16-8-10-17(11-9-16)26-12-5-13-31(26,28)29/h4,6-11,14H,5,12-13H2,1-3H3,(H,23,27). The number of nitrogens with zero attached hydrogens (tertiary/aromatic N) is 3. The van der Waals surface area contributed by atoms with Gasteiger partial charge < -0.3 is 9.84 Å². The summed E-state index contributed by atoms with van der Waals surface area (Å²) in [5.74, 6) is 0.909. The fourth-order valence-corrected chi connectivity index (χ4v) is 5.05. The Labute approximate surface area is 181 Å². The van der Waals surface area contributed by atoms with Gasteiger partial charge in [-0.3, -0.25) is 9.10 Å². The molecule has 2 aromatic carbocycles. The van der Waals surface area contributed by atoms with Crippen molar-refractivity contribution in [3.05, 3.63) is 59.4 Å². The van der Waals surface area contributed by atoms with Crippen LogP contribution in [0.2, 0.25) is 0 Å². The zero-order valence-corrected chi connectivity index (χ0v) is 18.4. The van der Waals surface area contributed by atoms with Gasteiger partial charge in [0.1, 0.15) is 0 Å². The number of aryl methyl sites for hydroxylation is 1. The normalized spacial score (nSPS) is 15.4. The number of rotatable bonds is 5. The number of sulfonamides is 1. The van der Waals surface area contributed by atoms with E-state index in [0.717, 1.165) is 5.56 Å². The summed E-state index contributed by atoms with van der Waals surface area (Å²) in [6.07, 6.45) is 0.606. The van der Waals surface area contributed by atoms with Crippen molar-refractivity contribution in [2.75, 3.05) is 21.9 Å². The Bertz CT molecular complexity index is 1220. The van der Waals surface area contributed by atoms with Gasteiger partial charge in [-0.25, -0.2) is 8.42 Å². The number of amides is 1. The average molecular weight is 441 g/mol. The summed E-state index contributed by atoms with van der Waals surface area (Å²) in [5, 5.41) is 6.95. The maximum absolute atomic E-state index is 12.9. The maximum Gasteiger partial charge on any atom is 0.260 e. The van der Waals surface area contributed by atoms with E-state index >= 15 is 0 Å². The molecule has 0 spiro atoms. The monoisotopic (exact) mass is 440 g/mol. The van der Waals surface area contributed by atoms with Crippen LogP contribution in [0.3, 0.4) is 0 Å². The van der Waals surface area contributed by atoms with Gasteiger partial charge in [0.2, 0.25) is 10.0 Å². The van der Waals surface area contributed by atoms with E-state index < -0.39 is 10.0 Å². The molecule has 0 bridgehead atoms. The predicted molar refractivity (Wildman–Crippen MR) is 119 cm³/mol. The fraction of sp³-hybridized carbons (Fsp3) is 0.318. The second kappa shape index (κ2) is 8.14. The van der Waals surface area contributed by atoms with Crippen molar-refractivity contribution in [2.24, 2.45) is 0 Å². The third-order valence-corrected chi connectivity index (χ3v) is 7.09. The van der Waals surface area contributed by atoms with Gasteiger partial charge in [0.05, 0.1) is 22.7 Å². The lowest BCUT2D eigenvalue weighted by atomic mass is 10.1. The molecule has 1 saturated heterocycles. The summed E-state index contributed by atoms with van der Waals surface area (Å²) in [4.78, 5) is 17.4. The van der Waals surface area contributed by atoms with Crippen LogP contribution in [0.1, 0.15) is 47.9 Å². The number of anilines is 2. The Hall–Kier alpha value is -3.20. The molecule has 4 rings (SSSR count). The van der Waals surface area contributed by atoms with Crippen LogP contribution in [-0.4, -0.2) is 36.8 Å². The van der Waals surface area contributed by atoms with Crippen LogP contribution in [0.4, 0.5) is 11.4 Å². The maximum atomic E-state index is 12.9. The van der Waals surface area contributed by atoms with E-state index in [0.29, 0.717) is 47.2 Å². The molecule has 0 radical (unpaired) electrons. The topological polar surface area (TPSA) is 105 Å². The Balaban J connectivity index is 1.59. The predicted octanol–water partition coefficient (Wildman–Crippen LogP) is 3.96. The summed E-state index contributed by atoms with van der Waals surface area (Å²) in [7, 11) is -3.26. The molecule has 1 aromatic heterocycles. The first kappa shape index (κ1) is 21.0. The number of benzene rings is 2. The van der Waals surface area contributed by atoms with Crippen molar-refractivity contribution < 1.29 is 17.7 Å². The van der Waals surface area contributed by atoms with E-state index in [4.69, 9.17) is 4.52 Å². The number of hydrogen-bond acceptors (Lipinski definition) is 6. The average Bonchev–Trinajstić information content (AvgIpc) is 3.36. The van der Waals surface area contributed by atoms with Gasteiger partial charge in [0.25, 0.3) is 11.8 Å². The number of carbonyl (C=O) groups is 1. The molecule has 1 amide bonds. The first-order chi connectivity index (χ1) is 14.8. The fourth-order valence-electron chi connectivity index (χ4n) is 3.48. The van der Waals surface area contributed by atoms with Crippen molar-refractivity contribution in [1.29, 1.82) is 0 Å². The van der Waals surface area contributed by atoms with Crippen LogP contribution in [0.5, 0.6) is 0 Å². The molecule has 0 saturated carbocycles. The van der Waals surface area contributed by atoms with Crippen LogP contribution < -0.4 is 9.62 Å². The molecule has 9 heteroatoms. The molecule has 1 aliphatic heterocycles. The van der Waals surface area contributed by atoms with Gasteiger partial charge in [-0.1, -0.05) is 31.1 Å². The number of carbonyl (C=O) groups excluding carboxylic acids is 1. The minimum Gasteiger partial charge on any atom is -0.334 e. The second-order valence-corrected chi connectivity index (χ2v) is 9.87. The van der Waals surface area contributed by atoms with E-state index in [1.54, 1.807) is 24.3 Å². The molecule has 1 aliphatic rings. The molecule has 3 aromatic rings. The molecule has 162 valence electrons. The molecular formula is C22H24N4O4S. The van der Waals surface area contributed by atoms with E-state index in [-0.39, 0.29) is 17.6 Å². The van der Waals surface area contributed by atoms with Gasteiger partial charge in [-0.2, -0.15) is 4.98 Å². The molecule has 0 aliphatic carbocycles. The van der Waals surface area contributed by atoms with Crippen molar-refractivity contribution >= 4 is 27.3 Å². The van der Waals surface area contributed by atoms with E-state index in [1.165, 1.54) is 4.31 Å². The SMILES string of the molecule is Cc1cccc(-c2nc(C(C)C)no2)c1NC(=O)c1ccc(N2CCCS2(=O)=O)cc1. The van der Waals surface area contributed by atoms with Crippen molar-refractivity contribution in [2.45, 2.75) is 33.1 Å². The Morgan fingerprint density at radius 1 is 1.16 bits per heavy atom. The summed E-state index contributed by atoms with van der Waals surface area (Å²) in [6, 6.07) is 12.1. The molecule has 1 fully saturated rings. The third-order valence-electron chi connectivity index (χ3n) is 5.22. The number of aromatic nitrogens is 2. The van der Waals surface area contributed by atoms with Gasteiger partial charge in [0, 0.05) is 18.0 Å².